The minimum Gasteiger partial charge on any atom is -0.460 e. The van der Waals surface area contributed by atoms with Crippen molar-refractivity contribution in [2.24, 2.45) is 0 Å². The fraction of sp³-hybridized carbons (Fsp3) is 0.545. The van der Waals surface area contributed by atoms with Gasteiger partial charge in [-0.1, -0.05) is 39.8 Å². The van der Waals surface area contributed by atoms with Gasteiger partial charge in [-0.3, -0.25) is 14.9 Å². The van der Waals surface area contributed by atoms with Crippen molar-refractivity contribution in [1.29, 1.82) is 0 Å². The van der Waals surface area contributed by atoms with Gasteiger partial charge < -0.3 is 14.2 Å². The van der Waals surface area contributed by atoms with Crippen LogP contribution in [-0.2, 0) is 14.3 Å². The van der Waals surface area contributed by atoms with E-state index >= 15 is 0 Å². The van der Waals surface area contributed by atoms with Crippen molar-refractivity contribution in [3.05, 3.63) is 46.5 Å². The summed E-state index contributed by atoms with van der Waals surface area (Å²) in [5.74, 6) is -0.386. The van der Waals surface area contributed by atoms with Crippen molar-refractivity contribution in [2.75, 3.05) is 6.61 Å². The van der Waals surface area contributed by atoms with E-state index in [2.05, 4.69) is 0 Å². The lowest BCUT2D eigenvalue weighted by Crippen LogP contribution is -2.25. The van der Waals surface area contributed by atoms with Gasteiger partial charge in [0, 0.05) is 12.1 Å². The lowest BCUT2D eigenvalue weighted by Gasteiger charge is -2.19. The van der Waals surface area contributed by atoms with E-state index in [0.29, 0.717) is 0 Å². The third-order valence-electron chi connectivity index (χ3n) is 2.53. The normalized spacial score (nSPS) is 9.50. The Morgan fingerprint density at radius 3 is 1.83 bits per heavy atom. The van der Waals surface area contributed by atoms with Crippen LogP contribution in [0.25, 0.3) is 0 Å². The molecule has 0 N–H and O–H groups in total. The Morgan fingerprint density at radius 2 is 1.47 bits per heavy atom. The summed E-state index contributed by atoms with van der Waals surface area (Å²) in [7, 11) is 0. The molecule has 0 amide bonds. The number of nitrogens with zero attached hydrogens (tertiary/aromatic N) is 1. The third-order valence-corrected chi connectivity index (χ3v) is 2.53. The quantitative estimate of drug-likeness (QED) is 0.174. The fourth-order valence-corrected chi connectivity index (χ4v) is 1.37. The standard InChI is InChI=1S/C14H17NO7.C4H8.2C2H6/c1-14(2,3)22-12(16)8-9-20-13(17)21-11-6-4-10(5-7-11)15(18)19;1-3-4-2;2*1-2/h4-7H,8-9H2,1-3H3;3-4H,1-2H3;2*1-2H3/b;4-3-;;. The van der Waals surface area contributed by atoms with Crippen LogP contribution in [0.4, 0.5) is 10.5 Å². The average molecular weight is 428 g/mol. The molecule has 1 rings (SSSR count). The Morgan fingerprint density at radius 1 is 1.00 bits per heavy atom. The second kappa shape index (κ2) is 19.4. The van der Waals surface area contributed by atoms with E-state index in [0.717, 1.165) is 0 Å². The van der Waals surface area contributed by atoms with E-state index < -0.39 is 22.6 Å². The molecule has 0 saturated carbocycles. The van der Waals surface area contributed by atoms with Crippen LogP contribution >= 0.6 is 0 Å². The zero-order valence-electron chi connectivity index (χ0n) is 19.7. The summed E-state index contributed by atoms with van der Waals surface area (Å²) >= 11 is 0. The van der Waals surface area contributed by atoms with Gasteiger partial charge in [-0.25, -0.2) is 4.79 Å². The highest BCUT2D eigenvalue weighted by molar-refractivity contribution is 5.70. The van der Waals surface area contributed by atoms with Gasteiger partial charge >= 0.3 is 12.1 Å². The van der Waals surface area contributed by atoms with Crippen LogP contribution in [0, 0.1) is 10.1 Å². The number of benzene rings is 1. The van der Waals surface area contributed by atoms with Gasteiger partial charge in [0.25, 0.3) is 5.69 Å². The molecule has 0 bridgehead atoms. The van der Waals surface area contributed by atoms with Gasteiger partial charge in [0.15, 0.2) is 0 Å². The van der Waals surface area contributed by atoms with Crippen LogP contribution in [0.15, 0.2) is 36.4 Å². The molecule has 8 heteroatoms. The van der Waals surface area contributed by atoms with Crippen molar-refractivity contribution in [1.82, 2.24) is 0 Å². The second-order valence-corrected chi connectivity index (χ2v) is 5.95. The topological polar surface area (TPSA) is 105 Å². The highest BCUT2D eigenvalue weighted by Gasteiger charge is 2.17. The van der Waals surface area contributed by atoms with Crippen LogP contribution in [0.1, 0.15) is 68.7 Å². The maximum atomic E-state index is 11.4. The van der Waals surface area contributed by atoms with E-state index in [1.807, 2.05) is 53.7 Å². The van der Waals surface area contributed by atoms with Crippen molar-refractivity contribution in [3.8, 4) is 5.75 Å². The Kier molecular flexibility index (Phi) is 20.6. The van der Waals surface area contributed by atoms with Gasteiger partial charge in [0.1, 0.15) is 18.0 Å². The van der Waals surface area contributed by atoms with E-state index in [1.54, 1.807) is 20.8 Å². The fourth-order valence-electron chi connectivity index (χ4n) is 1.37. The number of carbonyl (C=O) groups excluding carboxylic acids is 2. The van der Waals surface area contributed by atoms with Crippen molar-refractivity contribution in [3.63, 3.8) is 0 Å². The van der Waals surface area contributed by atoms with E-state index in [-0.39, 0.29) is 24.5 Å². The number of nitro groups is 1. The Hall–Kier alpha value is -2.90. The Balaban J connectivity index is -0.000000793. The lowest BCUT2D eigenvalue weighted by molar-refractivity contribution is -0.384. The SMILES string of the molecule is C/C=C\C.CC.CC.CC(C)(C)OC(=O)CCOC(=O)Oc1ccc([N+](=O)[O-])cc1. The van der Waals surface area contributed by atoms with Gasteiger partial charge in [0.05, 0.1) is 11.3 Å². The van der Waals surface area contributed by atoms with Gasteiger partial charge in [0.2, 0.25) is 0 Å². The predicted octanol–water partition coefficient (Wildman–Crippen LogP) is 6.48. The zero-order valence-corrected chi connectivity index (χ0v) is 19.7. The molecular weight excluding hydrogens is 390 g/mol. The summed E-state index contributed by atoms with van der Waals surface area (Å²) in [6.07, 6.45) is 2.91. The zero-order chi connectivity index (χ0) is 24.2. The summed E-state index contributed by atoms with van der Waals surface area (Å²) in [5, 5.41) is 10.5. The summed E-state index contributed by atoms with van der Waals surface area (Å²) in [4.78, 5) is 32.7. The van der Waals surface area contributed by atoms with Crippen LogP contribution in [-0.4, -0.2) is 29.3 Å². The Bertz CT molecular complexity index is 613. The van der Waals surface area contributed by atoms with Crippen LogP contribution < -0.4 is 4.74 Å². The molecule has 0 spiro atoms. The van der Waals surface area contributed by atoms with Gasteiger partial charge in [-0.2, -0.15) is 0 Å². The molecule has 0 heterocycles. The van der Waals surface area contributed by atoms with Crippen LogP contribution in [0.2, 0.25) is 0 Å². The molecule has 0 aliphatic carbocycles. The first kappa shape index (κ1) is 31.8. The molecule has 0 saturated heterocycles. The monoisotopic (exact) mass is 427 g/mol. The molecule has 0 aliphatic heterocycles. The number of carbonyl (C=O) groups is 2. The largest absolute Gasteiger partial charge is 0.513 e. The first-order chi connectivity index (χ1) is 14.1. The van der Waals surface area contributed by atoms with E-state index in [4.69, 9.17) is 14.2 Å². The number of hydrogen-bond acceptors (Lipinski definition) is 7. The van der Waals surface area contributed by atoms with Gasteiger partial charge in [-0.05, 0) is 46.8 Å². The molecule has 1 aromatic rings. The highest BCUT2D eigenvalue weighted by Crippen LogP contribution is 2.17. The summed E-state index contributed by atoms with van der Waals surface area (Å²) in [6.45, 7) is 17.0. The first-order valence-electron chi connectivity index (χ1n) is 9.97. The summed E-state index contributed by atoms with van der Waals surface area (Å²) < 4.78 is 14.5. The molecule has 0 aliphatic rings. The van der Waals surface area contributed by atoms with E-state index in [9.17, 15) is 19.7 Å². The number of rotatable bonds is 5. The number of nitro benzene ring substituents is 1. The summed E-state index contributed by atoms with van der Waals surface area (Å²) in [6, 6.07) is 4.94. The van der Waals surface area contributed by atoms with Crippen molar-refractivity contribution in [2.45, 2.75) is 74.3 Å². The molecule has 8 nitrogen and oxygen atoms in total. The average Bonchev–Trinajstić information content (AvgIpc) is 2.70. The number of ether oxygens (including phenoxy) is 3. The summed E-state index contributed by atoms with van der Waals surface area (Å²) in [5.41, 5.74) is -0.721. The van der Waals surface area contributed by atoms with Crippen LogP contribution in [0.5, 0.6) is 5.75 Å². The smallest absolute Gasteiger partial charge is 0.460 e. The molecule has 0 unspecified atom stereocenters. The molecule has 0 aromatic heterocycles. The maximum Gasteiger partial charge on any atom is 0.513 e. The molecule has 172 valence electrons. The molecular formula is C22H37NO7. The number of hydrogen-bond donors (Lipinski definition) is 0. The minimum atomic E-state index is -1.00. The minimum absolute atomic E-state index is 0.0906. The predicted molar refractivity (Wildman–Crippen MR) is 119 cm³/mol. The Labute approximate surface area is 180 Å². The third kappa shape index (κ3) is 19.9. The second-order valence-electron chi connectivity index (χ2n) is 5.95. The number of allylic oxidation sites excluding steroid dienone is 2. The number of esters is 1. The van der Waals surface area contributed by atoms with Crippen molar-refractivity contribution >= 4 is 17.8 Å². The van der Waals surface area contributed by atoms with Crippen LogP contribution in [0.3, 0.4) is 0 Å². The highest BCUT2D eigenvalue weighted by atomic mass is 16.7. The van der Waals surface area contributed by atoms with E-state index in [1.165, 1.54) is 24.3 Å². The molecule has 0 fully saturated rings. The lowest BCUT2D eigenvalue weighted by atomic mass is 10.2. The van der Waals surface area contributed by atoms with Gasteiger partial charge in [-0.15, -0.1) is 0 Å². The molecule has 0 radical (unpaired) electrons. The first-order valence-corrected chi connectivity index (χ1v) is 9.97. The molecule has 0 atom stereocenters. The molecule has 30 heavy (non-hydrogen) atoms. The van der Waals surface area contributed by atoms with Crippen molar-refractivity contribution < 1.29 is 28.7 Å². The number of non-ortho nitro benzene ring substituents is 1. The maximum absolute atomic E-state index is 11.4. The molecule has 1 aromatic carbocycles.